The first-order valence-electron chi connectivity index (χ1n) is 11.2. The maximum atomic E-state index is 12.8. The predicted octanol–water partition coefficient (Wildman–Crippen LogP) is 2.99. The van der Waals surface area contributed by atoms with Gasteiger partial charge in [-0.15, -0.1) is 10.2 Å². The van der Waals surface area contributed by atoms with E-state index < -0.39 is 9.84 Å². The number of hydrogen-bond donors (Lipinski definition) is 0. The molecule has 3 aromatic rings. The smallest absolute Gasteiger partial charge is 0.233 e. The van der Waals surface area contributed by atoms with Crippen LogP contribution >= 0.6 is 11.8 Å². The van der Waals surface area contributed by atoms with Crippen LogP contribution in [0, 0.1) is 0 Å². The molecular weight excluding hydrogens is 472 g/mol. The lowest BCUT2D eigenvalue weighted by Crippen LogP contribution is -2.38. The molecule has 1 fully saturated rings. The van der Waals surface area contributed by atoms with Gasteiger partial charge in [0.2, 0.25) is 5.91 Å². The van der Waals surface area contributed by atoms with Crippen LogP contribution in [-0.2, 0) is 21.1 Å². The molecule has 0 saturated carbocycles. The molecule has 1 amide bonds. The Hall–Kier alpha value is -2.85. The summed E-state index contributed by atoms with van der Waals surface area (Å²) in [4.78, 5) is 14.4. The molecule has 180 valence electrons. The molecule has 0 N–H and O–H groups in total. The minimum atomic E-state index is -3.06. The Labute approximate surface area is 204 Å². The summed E-state index contributed by atoms with van der Waals surface area (Å²) in [5.41, 5.74) is 1.99. The summed E-state index contributed by atoms with van der Waals surface area (Å²) in [6.45, 7) is 2.53. The fourth-order valence-corrected chi connectivity index (χ4v) is 6.59. The lowest BCUT2D eigenvalue weighted by molar-refractivity contribution is -0.128. The zero-order valence-electron chi connectivity index (χ0n) is 19.3. The summed E-state index contributed by atoms with van der Waals surface area (Å²) in [6, 6.07) is 17.5. The molecule has 1 atom stereocenters. The molecule has 2 heterocycles. The number of benzene rings is 2. The quantitative estimate of drug-likeness (QED) is 0.417. The fraction of sp³-hybridized carbons (Fsp3) is 0.375. The predicted molar refractivity (Wildman–Crippen MR) is 132 cm³/mol. The highest BCUT2D eigenvalue weighted by Gasteiger charge is 2.32. The molecule has 1 saturated heterocycles. The normalized spacial score (nSPS) is 16.9. The first-order valence-corrected chi connectivity index (χ1v) is 14.0. The topological polar surface area (TPSA) is 94.4 Å². The van der Waals surface area contributed by atoms with Crippen molar-refractivity contribution in [1.29, 1.82) is 0 Å². The van der Waals surface area contributed by atoms with Crippen LogP contribution in [0.3, 0.4) is 0 Å². The third kappa shape index (κ3) is 5.79. The van der Waals surface area contributed by atoms with Crippen LogP contribution in [-0.4, -0.2) is 70.9 Å². The highest BCUT2D eigenvalue weighted by molar-refractivity contribution is 7.99. The largest absolute Gasteiger partial charge is 0.494 e. The van der Waals surface area contributed by atoms with Crippen molar-refractivity contribution in [1.82, 2.24) is 19.7 Å². The molecule has 1 aliphatic rings. The molecule has 1 aromatic heterocycles. The van der Waals surface area contributed by atoms with Crippen molar-refractivity contribution in [3.63, 3.8) is 0 Å². The first kappa shape index (κ1) is 24.3. The molecule has 4 rings (SSSR count). The van der Waals surface area contributed by atoms with E-state index in [2.05, 4.69) is 10.2 Å². The van der Waals surface area contributed by atoms with E-state index >= 15 is 0 Å². The number of carbonyl (C=O) groups is 1. The van der Waals surface area contributed by atoms with Crippen molar-refractivity contribution in [2.45, 2.75) is 31.0 Å². The molecule has 0 bridgehead atoms. The number of thioether (sulfide) groups is 1. The Morgan fingerprint density at radius 2 is 1.88 bits per heavy atom. The number of nitrogens with zero attached hydrogens (tertiary/aromatic N) is 4. The van der Waals surface area contributed by atoms with Crippen molar-refractivity contribution in [3.05, 3.63) is 66.0 Å². The average molecular weight is 501 g/mol. The Kier molecular flexibility index (Phi) is 7.57. The third-order valence-electron chi connectivity index (χ3n) is 5.79. The summed E-state index contributed by atoms with van der Waals surface area (Å²) in [5.74, 6) is 1.73. The highest BCUT2D eigenvalue weighted by Crippen LogP contribution is 2.26. The van der Waals surface area contributed by atoms with Gasteiger partial charge in [-0.1, -0.05) is 42.1 Å². The van der Waals surface area contributed by atoms with Crippen molar-refractivity contribution < 1.29 is 17.9 Å². The van der Waals surface area contributed by atoms with Gasteiger partial charge in [0, 0.05) is 25.2 Å². The molecule has 34 heavy (non-hydrogen) atoms. The second-order valence-electron chi connectivity index (χ2n) is 8.17. The Morgan fingerprint density at radius 1 is 1.15 bits per heavy atom. The van der Waals surface area contributed by atoms with Crippen molar-refractivity contribution >= 4 is 27.5 Å². The standard InChI is InChI=1S/C24H28N4O4S2/c1-3-32-21-11-9-19(10-12-21)28-22(15-18-7-5-4-6-8-18)25-26-24(28)33-16-23(29)27(2)20-13-14-34(30,31)17-20/h4-12,20H,3,13-17H2,1-2H3/t20-/m0/s1. The van der Waals surface area contributed by atoms with E-state index in [1.165, 1.54) is 11.8 Å². The van der Waals surface area contributed by atoms with Crippen LogP contribution in [0.5, 0.6) is 5.75 Å². The van der Waals surface area contributed by atoms with E-state index in [0.29, 0.717) is 24.6 Å². The molecule has 0 radical (unpaired) electrons. The van der Waals surface area contributed by atoms with Gasteiger partial charge in [-0.05, 0) is 43.2 Å². The van der Waals surface area contributed by atoms with Crippen LogP contribution in [0.4, 0.5) is 0 Å². The second-order valence-corrected chi connectivity index (χ2v) is 11.3. The SMILES string of the molecule is CCOc1ccc(-n2c(Cc3ccccc3)nnc2SCC(=O)N(C)[C@H]2CCS(=O)(=O)C2)cc1. The Morgan fingerprint density at radius 3 is 2.53 bits per heavy atom. The van der Waals surface area contributed by atoms with Gasteiger partial charge in [0.15, 0.2) is 15.0 Å². The van der Waals surface area contributed by atoms with Gasteiger partial charge in [-0.3, -0.25) is 9.36 Å². The van der Waals surface area contributed by atoms with Gasteiger partial charge < -0.3 is 9.64 Å². The van der Waals surface area contributed by atoms with Crippen LogP contribution in [0.25, 0.3) is 5.69 Å². The van der Waals surface area contributed by atoms with Gasteiger partial charge in [-0.2, -0.15) is 0 Å². The maximum absolute atomic E-state index is 12.8. The molecule has 1 aliphatic heterocycles. The Bertz CT molecular complexity index is 1230. The number of rotatable bonds is 9. The monoisotopic (exact) mass is 500 g/mol. The number of ether oxygens (including phenoxy) is 1. The third-order valence-corrected chi connectivity index (χ3v) is 8.45. The minimum Gasteiger partial charge on any atom is -0.494 e. The number of amides is 1. The van der Waals surface area contributed by atoms with Crippen LogP contribution in [0.2, 0.25) is 0 Å². The highest BCUT2D eigenvalue weighted by atomic mass is 32.2. The van der Waals surface area contributed by atoms with E-state index in [4.69, 9.17) is 4.74 Å². The van der Waals surface area contributed by atoms with Gasteiger partial charge >= 0.3 is 0 Å². The summed E-state index contributed by atoms with van der Waals surface area (Å²) < 4.78 is 31.1. The van der Waals surface area contributed by atoms with Gasteiger partial charge in [0.25, 0.3) is 0 Å². The number of hydrogen-bond acceptors (Lipinski definition) is 7. The van der Waals surface area contributed by atoms with Crippen LogP contribution < -0.4 is 4.74 Å². The van der Waals surface area contributed by atoms with E-state index in [0.717, 1.165) is 22.8 Å². The average Bonchev–Trinajstić information content (AvgIpc) is 3.40. The van der Waals surface area contributed by atoms with Crippen LogP contribution in [0.15, 0.2) is 59.8 Å². The number of sulfone groups is 1. The molecule has 0 aliphatic carbocycles. The van der Waals surface area contributed by atoms with Crippen LogP contribution in [0.1, 0.15) is 24.7 Å². The second kappa shape index (κ2) is 10.6. The molecule has 0 unspecified atom stereocenters. The molecular formula is C24H28N4O4S2. The molecule has 8 nitrogen and oxygen atoms in total. The molecule has 10 heteroatoms. The van der Waals surface area contributed by atoms with E-state index in [9.17, 15) is 13.2 Å². The summed E-state index contributed by atoms with van der Waals surface area (Å²) in [6.07, 6.45) is 1.08. The maximum Gasteiger partial charge on any atom is 0.233 e. The van der Waals surface area contributed by atoms with Gasteiger partial charge in [0.05, 0.1) is 23.9 Å². The molecule has 2 aromatic carbocycles. The van der Waals surface area contributed by atoms with E-state index in [1.54, 1.807) is 11.9 Å². The van der Waals surface area contributed by atoms with Crippen molar-refractivity contribution in [2.75, 3.05) is 30.9 Å². The number of carbonyl (C=O) groups excluding carboxylic acids is 1. The molecule has 0 spiro atoms. The number of aromatic nitrogens is 3. The minimum absolute atomic E-state index is 0.0312. The van der Waals surface area contributed by atoms with Crippen molar-refractivity contribution in [2.24, 2.45) is 0 Å². The lowest BCUT2D eigenvalue weighted by atomic mass is 10.1. The Balaban J connectivity index is 1.54. The van der Waals surface area contributed by atoms with E-state index in [-0.39, 0.29) is 29.2 Å². The van der Waals surface area contributed by atoms with Crippen molar-refractivity contribution in [3.8, 4) is 11.4 Å². The lowest BCUT2D eigenvalue weighted by Gasteiger charge is -2.23. The summed E-state index contributed by atoms with van der Waals surface area (Å²) in [7, 11) is -1.38. The van der Waals surface area contributed by atoms with Gasteiger partial charge in [-0.25, -0.2) is 8.42 Å². The summed E-state index contributed by atoms with van der Waals surface area (Å²) >= 11 is 1.30. The zero-order valence-corrected chi connectivity index (χ0v) is 20.9. The van der Waals surface area contributed by atoms with Gasteiger partial charge in [0.1, 0.15) is 11.6 Å². The summed E-state index contributed by atoms with van der Waals surface area (Å²) in [5, 5.41) is 9.41. The van der Waals surface area contributed by atoms with E-state index in [1.807, 2.05) is 66.1 Å². The first-order chi connectivity index (χ1) is 16.4. The zero-order chi connectivity index (χ0) is 24.1. The fourth-order valence-electron chi connectivity index (χ4n) is 3.92.